The van der Waals surface area contributed by atoms with Gasteiger partial charge in [0, 0.05) is 22.2 Å². The minimum absolute atomic E-state index is 0.246. The number of thioether (sulfide) groups is 1. The lowest BCUT2D eigenvalue weighted by atomic mass is 10.1. The lowest BCUT2D eigenvalue weighted by Gasteiger charge is -2.17. The van der Waals surface area contributed by atoms with Crippen LogP contribution in [0.1, 0.15) is 23.4 Å². The highest BCUT2D eigenvalue weighted by Crippen LogP contribution is 2.43. The summed E-state index contributed by atoms with van der Waals surface area (Å²) in [6, 6.07) is 15.6. The van der Waals surface area contributed by atoms with Gasteiger partial charge in [-0.2, -0.15) is 0 Å². The number of hydrogen-bond donors (Lipinski definition) is 4. The fourth-order valence-electron chi connectivity index (χ4n) is 4.34. The first kappa shape index (κ1) is 26.7. The van der Waals surface area contributed by atoms with E-state index in [2.05, 4.69) is 54.2 Å². The summed E-state index contributed by atoms with van der Waals surface area (Å²) in [5, 5.41) is 26.3. The molecule has 2 aromatic heterocycles. The molecule has 1 saturated heterocycles. The third-order valence-corrected chi connectivity index (χ3v) is 8.45. The number of carbonyl (C=O) groups is 1. The van der Waals surface area contributed by atoms with E-state index in [4.69, 9.17) is 4.74 Å². The van der Waals surface area contributed by atoms with Gasteiger partial charge in [0.15, 0.2) is 11.5 Å². The van der Waals surface area contributed by atoms with Crippen molar-refractivity contribution in [3.8, 4) is 5.75 Å². The Morgan fingerprint density at radius 2 is 1.95 bits per heavy atom. The van der Waals surface area contributed by atoms with Gasteiger partial charge in [-0.05, 0) is 53.3 Å². The molecule has 1 fully saturated rings. The molecule has 0 aliphatic carbocycles. The number of ether oxygens (including phenoxy) is 1. The Morgan fingerprint density at radius 1 is 1.11 bits per heavy atom. The molecule has 1 aliphatic rings. The van der Waals surface area contributed by atoms with Crippen LogP contribution in [0.3, 0.4) is 0 Å². The fourth-order valence-corrected chi connectivity index (χ4v) is 6.38. The zero-order valence-corrected chi connectivity index (χ0v) is 23.5. The molecule has 0 bridgehead atoms. The van der Waals surface area contributed by atoms with Gasteiger partial charge in [0.25, 0.3) is 0 Å². The summed E-state index contributed by atoms with van der Waals surface area (Å²) < 4.78 is 8.45. The van der Waals surface area contributed by atoms with Crippen LogP contribution in [-0.4, -0.2) is 59.7 Å². The Hall–Kier alpha value is -2.94. The quantitative estimate of drug-likeness (QED) is 0.203. The number of anilines is 1. The maximum atomic E-state index is 13.0. The van der Waals surface area contributed by atoms with Crippen molar-refractivity contribution in [3.05, 3.63) is 75.9 Å². The fraction of sp³-hybridized carbons (Fsp3) is 0.308. The Morgan fingerprint density at radius 3 is 2.76 bits per heavy atom. The van der Waals surface area contributed by atoms with Gasteiger partial charge < -0.3 is 25.6 Å². The van der Waals surface area contributed by atoms with Crippen LogP contribution in [0.15, 0.2) is 61.2 Å². The van der Waals surface area contributed by atoms with Crippen LogP contribution in [0.25, 0.3) is 11.2 Å². The average Bonchev–Trinajstić information content (AvgIpc) is 3.48. The minimum Gasteiger partial charge on any atom is -0.494 e. The number of aliphatic hydroxyl groups is 2. The van der Waals surface area contributed by atoms with Gasteiger partial charge in [0.2, 0.25) is 5.91 Å². The number of para-hydroxylation sites is 1. The molecule has 0 radical (unpaired) electrons. The van der Waals surface area contributed by atoms with Crippen LogP contribution >= 0.6 is 34.4 Å². The number of aromatic nitrogens is 4. The summed E-state index contributed by atoms with van der Waals surface area (Å²) in [6.45, 7) is 3.22. The Labute approximate surface area is 237 Å². The van der Waals surface area contributed by atoms with E-state index >= 15 is 0 Å². The molecule has 0 spiro atoms. The molecule has 4 atom stereocenters. The predicted molar refractivity (Wildman–Crippen MR) is 154 cm³/mol. The highest BCUT2D eigenvalue weighted by molar-refractivity contribution is 14.1. The van der Waals surface area contributed by atoms with E-state index in [-0.39, 0.29) is 12.5 Å². The first-order valence-corrected chi connectivity index (χ1v) is 14.1. The van der Waals surface area contributed by atoms with E-state index in [9.17, 15) is 15.0 Å². The van der Waals surface area contributed by atoms with Gasteiger partial charge >= 0.3 is 0 Å². The van der Waals surface area contributed by atoms with Crippen molar-refractivity contribution in [1.82, 2.24) is 24.8 Å². The molecule has 12 heteroatoms. The first-order valence-electron chi connectivity index (χ1n) is 12.1. The normalized spacial score (nSPS) is 20.9. The number of imidazole rings is 1. The van der Waals surface area contributed by atoms with Crippen LogP contribution in [-0.2, 0) is 17.9 Å². The minimum atomic E-state index is -1.26. The summed E-state index contributed by atoms with van der Waals surface area (Å²) in [5.74, 6) is 0.894. The van der Waals surface area contributed by atoms with Gasteiger partial charge in [0.05, 0.1) is 12.9 Å². The van der Waals surface area contributed by atoms with E-state index in [0.29, 0.717) is 35.9 Å². The van der Waals surface area contributed by atoms with Gasteiger partial charge in [-0.3, -0.25) is 9.36 Å². The molecule has 2 aromatic carbocycles. The number of aliphatic hydroxyl groups excluding tert-OH is 2. The van der Waals surface area contributed by atoms with Crippen molar-refractivity contribution >= 4 is 57.2 Å². The smallest absolute Gasteiger partial charge is 0.236 e. The van der Waals surface area contributed by atoms with Crippen molar-refractivity contribution in [1.29, 1.82) is 0 Å². The van der Waals surface area contributed by atoms with E-state index in [0.717, 1.165) is 14.7 Å². The van der Waals surface area contributed by atoms with E-state index in [1.807, 2.05) is 49.4 Å². The van der Waals surface area contributed by atoms with E-state index in [1.54, 1.807) is 10.9 Å². The van der Waals surface area contributed by atoms with Crippen LogP contribution in [0.2, 0.25) is 0 Å². The maximum Gasteiger partial charge on any atom is 0.236 e. The SMILES string of the molecule is CCOc1ccccc1CNC(=O)[C@H]1S[C@@H](n2cnc3c(NCc4cccc(I)c4)ncnc32)[C@H](O)[C@@H]1O. The molecule has 198 valence electrons. The molecule has 10 nitrogen and oxygen atoms in total. The summed E-state index contributed by atoms with van der Waals surface area (Å²) in [6.07, 6.45) is 0.536. The number of fused-ring (bicyclic) bond motifs is 1. The molecule has 1 amide bonds. The monoisotopic (exact) mass is 646 g/mol. The van der Waals surface area contributed by atoms with Crippen molar-refractivity contribution in [2.24, 2.45) is 0 Å². The molecule has 3 heterocycles. The molecular formula is C26H27IN6O4S. The van der Waals surface area contributed by atoms with Gasteiger partial charge in [-0.15, -0.1) is 11.8 Å². The van der Waals surface area contributed by atoms with Crippen LogP contribution in [0.5, 0.6) is 5.75 Å². The Kier molecular flexibility index (Phi) is 8.31. The summed E-state index contributed by atoms with van der Waals surface area (Å²) >= 11 is 3.44. The number of carbonyl (C=O) groups excluding carboxylic acids is 1. The third-order valence-electron chi connectivity index (χ3n) is 6.20. The van der Waals surface area contributed by atoms with Crippen LogP contribution in [0.4, 0.5) is 5.82 Å². The molecule has 38 heavy (non-hydrogen) atoms. The summed E-state index contributed by atoms with van der Waals surface area (Å²) in [4.78, 5) is 26.2. The number of nitrogens with one attached hydrogen (secondary N) is 2. The number of amides is 1. The van der Waals surface area contributed by atoms with Crippen molar-refractivity contribution in [3.63, 3.8) is 0 Å². The predicted octanol–water partition coefficient (Wildman–Crippen LogP) is 3.09. The first-order chi connectivity index (χ1) is 18.5. The second-order valence-electron chi connectivity index (χ2n) is 8.72. The van der Waals surface area contributed by atoms with E-state index < -0.39 is 22.8 Å². The summed E-state index contributed by atoms with van der Waals surface area (Å²) in [5.41, 5.74) is 2.98. The molecular weight excluding hydrogens is 619 g/mol. The van der Waals surface area contributed by atoms with Crippen LogP contribution < -0.4 is 15.4 Å². The second kappa shape index (κ2) is 11.8. The highest BCUT2D eigenvalue weighted by Gasteiger charge is 2.47. The lowest BCUT2D eigenvalue weighted by Crippen LogP contribution is -2.41. The second-order valence-corrected chi connectivity index (χ2v) is 11.2. The topological polar surface area (TPSA) is 134 Å². The number of benzene rings is 2. The standard InChI is InChI=1S/C26H27IN6O4S/c1-2-37-18-9-4-3-7-16(18)12-29-25(36)22-20(34)21(35)26(38-22)33-14-32-19-23(30-13-31-24(19)33)28-11-15-6-5-8-17(27)10-15/h3-10,13-14,20-22,26,34-35H,2,11-12H2,1H3,(H,29,36)(H,28,30,31)/t20-,21+,22-,26+/m0/s1. The maximum absolute atomic E-state index is 13.0. The third kappa shape index (κ3) is 5.58. The number of nitrogens with zero attached hydrogens (tertiary/aromatic N) is 4. The van der Waals surface area contributed by atoms with Crippen molar-refractivity contribution < 1.29 is 19.7 Å². The molecule has 0 unspecified atom stereocenters. The Balaban J connectivity index is 1.29. The summed E-state index contributed by atoms with van der Waals surface area (Å²) in [7, 11) is 0. The number of halogens is 1. The van der Waals surface area contributed by atoms with Crippen LogP contribution in [0, 0.1) is 3.57 Å². The Bertz CT molecular complexity index is 1440. The zero-order chi connectivity index (χ0) is 26.6. The average molecular weight is 647 g/mol. The molecule has 5 rings (SSSR count). The highest BCUT2D eigenvalue weighted by atomic mass is 127. The molecule has 0 saturated carbocycles. The van der Waals surface area contributed by atoms with E-state index in [1.165, 1.54) is 18.1 Å². The van der Waals surface area contributed by atoms with Crippen molar-refractivity contribution in [2.45, 2.75) is 42.8 Å². The van der Waals surface area contributed by atoms with Gasteiger partial charge in [-0.25, -0.2) is 15.0 Å². The van der Waals surface area contributed by atoms with Crippen molar-refractivity contribution in [2.75, 3.05) is 11.9 Å². The number of hydrogen-bond acceptors (Lipinski definition) is 9. The number of rotatable bonds is 9. The molecule has 4 N–H and O–H groups in total. The molecule has 1 aliphatic heterocycles. The lowest BCUT2D eigenvalue weighted by molar-refractivity contribution is -0.123. The zero-order valence-electron chi connectivity index (χ0n) is 20.5. The van der Waals surface area contributed by atoms with Gasteiger partial charge in [0.1, 0.15) is 40.4 Å². The van der Waals surface area contributed by atoms with Gasteiger partial charge in [-0.1, -0.05) is 30.3 Å². The largest absolute Gasteiger partial charge is 0.494 e. The molecule has 4 aromatic rings.